The van der Waals surface area contributed by atoms with Crippen molar-refractivity contribution in [2.24, 2.45) is 0 Å². The number of amides is 1. The number of aromatic amines is 2. The lowest BCUT2D eigenvalue weighted by Crippen LogP contribution is -2.09. The maximum Gasteiger partial charge on any atom is 0.270 e. The van der Waals surface area contributed by atoms with E-state index < -0.39 is 0 Å². The van der Waals surface area contributed by atoms with E-state index in [0.717, 1.165) is 44.3 Å². The molecule has 0 aliphatic heterocycles. The molecule has 0 radical (unpaired) electrons. The van der Waals surface area contributed by atoms with Crippen molar-refractivity contribution >= 4 is 51.6 Å². The molecule has 0 atom stereocenters. The topological polar surface area (TPSA) is 112 Å². The van der Waals surface area contributed by atoms with Crippen molar-refractivity contribution < 1.29 is 9.18 Å². The van der Waals surface area contributed by atoms with Crippen molar-refractivity contribution in [3.8, 4) is 0 Å². The number of rotatable bonds is 7. The van der Waals surface area contributed by atoms with E-state index in [1.165, 1.54) is 18.2 Å². The van der Waals surface area contributed by atoms with E-state index in [1.54, 1.807) is 18.3 Å². The minimum Gasteiger partial charge on any atom is -0.288 e. The quantitative estimate of drug-likeness (QED) is 0.185. The van der Waals surface area contributed by atoms with Gasteiger partial charge in [-0.25, -0.2) is 4.39 Å². The van der Waals surface area contributed by atoms with Gasteiger partial charge >= 0.3 is 0 Å². The Kier molecular flexibility index (Phi) is 6.87. The summed E-state index contributed by atoms with van der Waals surface area (Å²) in [5.41, 5.74) is 6.42. The number of H-pyrrole nitrogens is 2. The maximum atomic E-state index is 13.8. The van der Waals surface area contributed by atoms with Crippen LogP contribution in [0.1, 0.15) is 35.6 Å². The number of fused-ring (bicyclic) bond motifs is 1. The van der Waals surface area contributed by atoms with Crippen molar-refractivity contribution in [3.05, 3.63) is 106 Å². The van der Waals surface area contributed by atoms with E-state index in [1.807, 2.05) is 43.3 Å². The van der Waals surface area contributed by atoms with Gasteiger partial charge in [0, 0.05) is 11.5 Å². The summed E-state index contributed by atoms with van der Waals surface area (Å²) in [6.07, 6.45) is 5.53. The number of allylic oxidation sites excluding steroid dienone is 1. The molecule has 5 aromatic rings. The summed E-state index contributed by atoms with van der Waals surface area (Å²) in [7, 11) is 0. The van der Waals surface area contributed by atoms with Gasteiger partial charge in [-0.3, -0.25) is 15.2 Å². The molecule has 0 aliphatic rings. The zero-order valence-corrected chi connectivity index (χ0v) is 20.4. The zero-order chi connectivity index (χ0) is 25.8. The predicted octanol–water partition coefficient (Wildman–Crippen LogP) is 5.89. The Morgan fingerprint density at radius 1 is 1.08 bits per heavy atom. The molecule has 0 spiro atoms. The number of anilines is 1. The lowest BCUT2D eigenvalue weighted by atomic mass is 9.87. The van der Waals surface area contributed by atoms with Crippen LogP contribution in [0, 0.1) is 5.82 Å². The van der Waals surface area contributed by atoms with Crippen LogP contribution >= 0.6 is 11.6 Å². The summed E-state index contributed by atoms with van der Waals surface area (Å²) in [5, 5.41) is 24.0. The van der Waals surface area contributed by atoms with Crippen LogP contribution in [0.15, 0.2) is 72.9 Å². The lowest BCUT2D eigenvalue weighted by molar-refractivity contribution is -0.111. The number of nitrogens with one attached hydrogen (secondary N) is 3. The summed E-state index contributed by atoms with van der Waals surface area (Å²) in [6, 6.07) is 18.3. The number of carbonyl (C=O) groups excluding carboxylic acids is 1. The Morgan fingerprint density at radius 3 is 2.62 bits per heavy atom. The van der Waals surface area contributed by atoms with Gasteiger partial charge in [-0.2, -0.15) is 10.3 Å². The second kappa shape index (κ2) is 10.5. The molecule has 0 saturated carbocycles. The molecule has 184 valence electrons. The summed E-state index contributed by atoms with van der Waals surface area (Å²) >= 11 is 6.50. The van der Waals surface area contributed by atoms with Gasteiger partial charge in [0.15, 0.2) is 0 Å². The van der Waals surface area contributed by atoms with Crippen LogP contribution in [-0.4, -0.2) is 36.7 Å². The second-order valence-electron chi connectivity index (χ2n) is 8.18. The smallest absolute Gasteiger partial charge is 0.270 e. The number of benzene rings is 3. The molecular formula is C27H21ClFN7O. The first-order chi connectivity index (χ1) is 18.0. The molecular weight excluding hydrogens is 493 g/mol. The highest BCUT2D eigenvalue weighted by Crippen LogP contribution is 2.38. The molecule has 0 bridgehead atoms. The van der Waals surface area contributed by atoms with Crippen LogP contribution in [0.3, 0.4) is 0 Å². The Bertz CT molecular complexity index is 1620. The molecule has 5 rings (SSSR count). The molecule has 2 heterocycles. The fourth-order valence-corrected chi connectivity index (χ4v) is 4.43. The van der Waals surface area contributed by atoms with E-state index in [-0.39, 0.29) is 17.7 Å². The first kappa shape index (κ1) is 24.1. The Balaban J connectivity index is 1.55. The number of tetrazole rings is 1. The summed E-state index contributed by atoms with van der Waals surface area (Å²) in [5.74, 6) is -0.662. The van der Waals surface area contributed by atoms with Crippen LogP contribution < -0.4 is 5.32 Å². The number of hydrogen-bond donors (Lipinski definition) is 3. The largest absolute Gasteiger partial charge is 0.288 e. The first-order valence-corrected chi connectivity index (χ1v) is 11.8. The highest BCUT2D eigenvalue weighted by molar-refractivity contribution is 6.32. The molecule has 2 aromatic heterocycles. The fraction of sp³-hybridized carbons (Fsp3) is 0.0741. The molecule has 10 heteroatoms. The summed E-state index contributed by atoms with van der Waals surface area (Å²) in [4.78, 5) is 12.1. The molecule has 8 nitrogen and oxygen atoms in total. The van der Waals surface area contributed by atoms with Crippen molar-refractivity contribution in [1.29, 1.82) is 0 Å². The van der Waals surface area contributed by atoms with Gasteiger partial charge in [-0.05, 0) is 75.4 Å². The predicted molar refractivity (Wildman–Crippen MR) is 142 cm³/mol. The third-order valence-electron chi connectivity index (χ3n) is 5.85. The van der Waals surface area contributed by atoms with E-state index in [0.29, 0.717) is 11.4 Å². The van der Waals surface area contributed by atoms with Gasteiger partial charge in [0.1, 0.15) is 5.82 Å². The normalized spacial score (nSPS) is 12.2. The van der Waals surface area contributed by atoms with Gasteiger partial charge in [0.25, 0.3) is 11.9 Å². The monoisotopic (exact) mass is 513 g/mol. The average molecular weight is 514 g/mol. The molecule has 0 saturated heterocycles. The standard InChI is InChI=1S/C27H21ClFN7O/c1-2-21(22-10-9-20(29)14-23(22)28)26(18-8-11-24-19(13-18)15-30-32-24)17-6-3-16(4-7-17)5-12-25(37)31-27-33-35-36-34-27/h3-15H,2H2,1H3,(H,30,32)(H2,31,33,34,35,36,37). The van der Waals surface area contributed by atoms with Crippen LogP contribution in [-0.2, 0) is 4.79 Å². The maximum absolute atomic E-state index is 13.8. The van der Waals surface area contributed by atoms with Crippen LogP contribution in [0.5, 0.6) is 0 Å². The molecule has 3 aromatic carbocycles. The van der Waals surface area contributed by atoms with E-state index in [9.17, 15) is 9.18 Å². The Labute approximate surface area is 216 Å². The van der Waals surface area contributed by atoms with Crippen LogP contribution in [0.2, 0.25) is 5.02 Å². The zero-order valence-electron chi connectivity index (χ0n) is 19.7. The van der Waals surface area contributed by atoms with Gasteiger partial charge in [-0.1, -0.05) is 60.0 Å². The molecule has 3 N–H and O–H groups in total. The Morgan fingerprint density at radius 2 is 1.89 bits per heavy atom. The highest BCUT2D eigenvalue weighted by Gasteiger charge is 2.16. The first-order valence-electron chi connectivity index (χ1n) is 11.5. The molecule has 0 unspecified atom stereocenters. The minimum atomic E-state index is -0.384. The third-order valence-corrected chi connectivity index (χ3v) is 6.16. The van der Waals surface area contributed by atoms with Crippen LogP contribution in [0.25, 0.3) is 28.1 Å². The number of hydrogen-bond acceptors (Lipinski definition) is 5. The molecule has 0 aliphatic carbocycles. The fourth-order valence-electron chi connectivity index (χ4n) is 4.15. The van der Waals surface area contributed by atoms with Crippen molar-refractivity contribution in [1.82, 2.24) is 30.8 Å². The SMILES string of the molecule is CCC(=C(c1ccc(C=CC(=O)Nc2nn[nH]n2)cc1)c1ccc2[nH]ncc2c1)c1ccc(F)cc1Cl. The third kappa shape index (κ3) is 5.31. The van der Waals surface area contributed by atoms with Crippen LogP contribution in [0.4, 0.5) is 10.3 Å². The number of halogens is 2. The summed E-state index contributed by atoms with van der Waals surface area (Å²) < 4.78 is 13.8. The van der Waals surface area contributed by atoms with Crippen molar-refractivity contribution in [3.63, 3.8) is 0 Å². The van der Waals surface area contributed by atoms with E-state index >= 15 is 0 Å². The number of nitrogens with zero attached hydrogens (tertiary/aromatic N) is 4. The number of carbonyl (C=O) groups is 1. The molecule has 37 heavy (non-hydrogen) atoms. The Hall–Kier alpha value is -4.63. The van der Waals surface area contributed by atoms with Gasteiger partial charge in [-0.15, -0.1) is 5.10 Å². The molecule has 1 amide bonds. The summed E-state index contributed by atoms with van der Waals surface area (Å²) in [6.45, 7) is 2.05. The average Bonchev–Trinajstić information content (AvgIpc) is 3.59. The van der Waals surface area contributed by atoms with Crippen molar-refractivity contribution in [2.45, 2.75) is 13.3 Å². The molecule has 0 fully saturated rings. The lowest BCUT2D eigenvalue weighted by Gasteiger charge is -2.18. The van der Waals surface area contributed by atoms with E-state index in [4.69, 9.17) is 11.6 Å². The van der Waals surface area contributed by atoms with E-state index in [2.05, 4.69) is 42.2 Å². The highest BCUT2D eigenvalue weighted by atomic mass is 35.5. The second-order valence-corrected chi connectivity index (χ2v) is 8.59. The number of aromatic nitrogens is 6. The minimum absolute atomic E-state index is 0.0981. The van der Waals surface area contributed by atoms with Crippen molar-refractivity contribution in [2.75, 3.05) is 5.32 Å². The van der Waals surface area contributed by atoms with Gasteiger partial charge in [0.2, 0.25) is 0 Å². The van der Waals surface area contributed by atoms with Gasteiger partial charge in [0.05, 0.1) is 16.7 Å². The van der Waals surface area contributed by atoms with Gasteiger partial charge < -0.3 is 0 Å².